The number of nitrogens with zero attached hydrogens (tertiary/aromatic N) is 2. The van der Waals surface area contributed by atoms with Gasteiger partial charge in [-0.25, -0.2) is 4.39 Å². The number of halogens is 3. The fourth-order valence-corrected chi connectivity index (χ4v) is 4.07. The molecule has 2 aliphatic rings. The normalized spacial score (nSPS) is 20.0. The molecule has 1 atom stereocenters. The minimum atomic E-state index is -0.685. The van der Waals surface area contributed by atoms with Crippen molar-refractivity contribution in [1.29, 1.82) is 5.26 Å². The summed E-state index contributed by atoms with van der Waals surface area (Å²) in [5.41, 5.74) is 0.876. The van der Waals surface area contributed by atoms with Gasteiger partial charge in [0.05, 0.1) is 11.6 Å². The molecule has 2 N–H and O–H groups in total. The molecular weight excluding hydrogens is 364 g/mol. The Kier molecular flexibility index (Phi) is 8.95. The van der Waals surface area contributed by atoms with Crippen molar-refractivity contribution in [3.8, 4) is 11.8 Å². The van der Waals surface area contributed by atoms with Crippen LogP contribution in [0.3, 0.4) is 0 Å². The summed E-state index contributed by atoms with van der Waals surface area (Å²) in [6.45, 7) is 3.59. The van der Waals surface area contributed by atoms with Gasteiger partial charge in [0, 0.05) is 37.8 Å². The SMILES string of the molecule is Cl.Cl.N#Cc1cc(F)c(O)c([C@@H](C2CCCCC2)N2CCNCC2)c1. The molecule has 25 heavy (non-hydrogen) atoms. The zero-order valence-electron chi connectivity index (χ0n) is 14.2. The first kappa shape index (κ1) is 22.0. The summed E-state index contributed by atoms with van der Waals surface area (Å²) in [6, 6.07) is 4.81. The first-order valence-corrected chi connectivity index (χ1v) is 8.58. The predicted molar refractivity (Wildman–Crippen MR) is 101 cm³/mol. The second kappa shape index (κ2) is 10.2. The lowest BCUT2D eigenvalue weighted by atomic mass is 9.79. The number of hydrogen-bond donors (Lipinski definition) is 2. The summed E-state index contributed by atoms with van der Waals surface area (Å²) < 4.78 is 14.1. The molecule has 0 amide bonds. The van der Waals surface area contributed by atoms with Gasteiger partial charge < -0.3 is 10.4 Å². The smallest absolute Gasteiger partial charge is 0.166 e. The standard InChI is InChI=1S/C18H24FN3O.2ClH/c19-16-11-13(12-20)10-15(18(16)23)17(14-4-2-1-3-5-14)22-8-6-21-7-9-22;;/h10-11,14,17,21,23H,1-9H2;2*1H/t17-;;/m1../s1. The zero-order valence-corrected chi connectivity index (χ0v) is 15.8. The maximum absolute atomic E-state index is 14.1. The van der Waals surface area contributed by atoms with E-state index in [1.807, 2.05) is 6.07 Å². The van der Waals surface area contributed by atoms with Crippen LogP contribution < -0.4 is 5.32 Å². The molecule has 1 heterocycles. The van der Waals surface area contributed by atoms with E-state index in [4.69, 9.17) is 5.26 Å². The van der Waals surface area contributed by atoms with Gasteiger partial charge in [-0.05, 0) is 30.9 Å². The van der Waals surface area contributed by atoms with Crippen LogP contribution in [-0.2, 0) is 0 Å². The van der Waals surface area contributed by atoms with E-state index < -0.39 is 5.82 Å². The van der Waals surface area contributed by atoms with Gasteiger partial charge in [0.25, 0.3) is 0 Å². The molecule has 7 heteroatoms. The van der Waals surface area contributed by atoms with Crippen molar-refractivity contribution < 1.29 is 9.50 Å². The highest BCUT2D eigenvalue weighted by Crippen LogP contribution is 2.42. The van der Waals surface area contributed by atoms with Crippen LogP contribution in [0.1, 0.15) is 49.3 Å². The van der Waals surface area contributed by atoms with E-state index in [1.54, 1.807) is 6.07 Å². The van der Waals surface area contributed by atoms with Crippen molar-refractivity contribution in [3.63, 3.8) is 0 Å². The molecule has 1 aromatic carbocycles. The van der Waals surface area contributed by atoms with Crippen molar-refractivity contribution in [1.82, 2.24) is 10.2 Å². The summed E-state index contributed by atoms with van der Waals surface area (Å²) in [7, 11) is 0. The highest BCUT2D eigenvalue weighted by molar-refractivity contribution is 5.85. The van der Waals surface area contributed by atoms with E-state index in [0.29, 0.717) is 11.5 Å². The lowest BCUT2D eigenvalue weighted by Gasteiger charge is -2.41. The Balaban J connectivity index is 0.00000156. The monoisotopic (exact) mass is 389 g/mol. The van der Waals surface area contributed by atoms with Gasteiger partial charge in [-0.1, -0.05) is 19.3 Å². The first-order chi connectivity index (χ1) is 11.2. The Morgan fingerprint density at radius 2 is 1.80 bits per heavy atom. The summed E-state index contributed by atoms with van der Waals surface area (Å²) in [5, 5.41) is 22.8. The summed E-state index contributed by atoms with van der Waals surface area (Å²) in [5.74, 6) is -0.547. The number of aromatic hydroxyl groups is 1. The average molecular weight is 390 g/mol. The molecule has 140 valence electrons. The third-order valence-electron chi connectivity index (χ3n) is 5.18. The number of nitrogens with one attached hydrogen (secondary N) is 1. The number of phenolic OH excluding ortho intramolecular Hbond substituents is 1. The third-order valence-corrected chi connectivity index (χ3v) is 5.18. The van der Waals surface area contributed by atoms with Crippen molar-refractivity contribution in [2.24, 2.45) is 5.92 Å². The molecule has 0 spiro atoms. The topological polar surface area (TPSA) is 59.3 Å². The fourth-order valence-electron chi connectivity index (χ4n) is 4.07. The maximum atomic E-state index is 14.1. The van der Waals surface area contributed by atoms with Gasteiger partial charge in [-0.2, -0.15) is 5.26 Å². The molecule has 0 aromatic heterocycles. The Morgan fingerprint density at radius 3 is 2.40 bits per heavy atom. The van der Waals surface area contributed by atoms with Crippen LogP contribution >= 0.6 is 24.8 Å². The Bertz CT molecular complexity index is 579. The molecule has 0 unspecified atom stereocenters. The summed E-state index contributed by atoms with van der Waals surface area (Å²) in [6.07, 6.45) is 5.84. The quantitative estimate of drug-likeness (QED) is 0.825. The third kappa shape index (κ3) is 4.98. The largest absolute Gasteiger partial charge is 0.505 e. The van der Waals surface area contributed by atoms with Gasteiger partial charge in [-0.3, -0.25) is 4.90 Å². The molecule has 3 rings (SSSR count). The zero-order chi connectivity index (χ0) is 16.2. The van der Waals surface area contributed by atoms with Crippen molar-refractivity contribution in [2.75, 3.05) is 26.2 Å². The van der Waals surface area contributed by atoms with E-state index in [2.05, 4.69) is 10.2 Å². The lowest BCUT2D eigenvalue weighted by molar-refractivity contribution is 0.101. The average Bonchev–Trinajstić information content (AvgIpc) is 2.60. The van der Waals surface area contributed by atoms with E-state index in [0.717, 1.165) is 45.1 Å². The Labute approximate surface area is 161 Å². The van der Waals surface area contributed by atoms with Crippen LogP contribution in [0.4, 0.5) is 4.39 Å². The van der Waals surface area contributed by atoms with Crippen molar-refractivity contribution in [3.05, 3.63) is 29.1 Å². The first-order valence-electron chi connectivity index (χ1n) is 8.58. The van der Waals surface area contributed by atoms with E-state index in [-0.39, 0.29) is 42.2 Å². The van der Waals surface area contributed by atoms with Gasteiger partial charge >= 0.3 is 0 Å². The van der Waals surface area contributed by atoms with Gasteiger partial charge in [0.15, 0.2) is 11.6 Å². The van der Waals surface area contributed by atoms with Crippen LogP contribution in [0.15, 0.2) is 12.1 Å². The summed E-state index contributed by atoms with van der Waals surface area (Å²) >= 11 is 0. The van der Waals surface area contributed by atoms with E-state index >= 15 is 0 Å². The molecule has 0 bridgehead atoms. The Morgan fingerprint density at radius 1 is 1.16 bits per heavy atom. The van der Waals surface area contributed by atoms with Gasteiger partial charge in [-0.15, -0.1) is 24.8 Å². The molecule has 2 fully saturated rings. The Hall–Kier alpha value is -1.06. The van der Waals surface area contributed by atoms with E-state index in [1.165, 1.54) is 19.3 Å². The van der Waals surface area contributed by atoms with Crippen LogP contribution in [0.5, 0.6) is 5.75 Å². The number of benzene rings is 1. The summed E-state index contributed by atoms with van der Waals surface area (Å²) in [4.78, 5) is 2.35. The van der Waals surface area contributed by atoms with Gasteiger partial charge in [0.2, 0.25) is 0 Å². The molecule has 1 saturated heterocycles. The minimum absolute atomic E-state index is 0. The van der Waals surface area contributed by atoms with Crippen molar-refractivity contribution >= 4 is 24.8 Å². The number of phenols is 1. The molecule has 1 saturated carbocycles. The molecule has 4 nitrogen and oxygen atoms in total. The number of hydrogen-bond acceptors (Lipinski definition) is 4. The van der Waals surface area contributed by atoms with Crippen LogP contribution in [0.2, 0.25) is 0 Å². The fraction of sp³-hybridized carbons (Fsp3) is 0.611. The maximum Gasteiger partial charge on any atom is 0.166 e. The number of nitriles is 1. The molecule has 1 aliphatic heterocycles. The van der Waals surface area contributed by atoms with Crippen LogP contribution in [0, 0.1) is 23.1 Å². The van der Waals surface area contributed by atoms with Crippen LogP contribution in [0.25, 0.3) is 0 Å². The molecule has 0 radical (unpaired) electrons. The lowest BCUT2D eigenvalue weighted by Crippen LogP contribution is -2.47. The number of rotatable bonds is 3. The van der Waals surface area contributed by atoms with Crippen molar-refractivity contribution in [2.45, 2.75) is 38.1 Å². The predicted octanol–water partition coefficient (Wildman–Crippen LogP) is 3.77. The van der Waals surface area contributed by atoms with Gasteiger partial charge in [0.1, 0.15) is 0 Å². The number of piperazine rings is 1. The second-order valence-electron chi connectivity index (χ2n) is 6.64. The highest BCUT2D eigenvalue weighted by Gasteiger charge is 2.33. The highest BCUT2D eigenvalue weighted by atomic mass is 35.5. The van der Waals surface area contributed by atoms with E-state index in [9.17, 15) is 9.50 Å². The molecule has 1 aromatic rings. The molecular formula is C18H26Cl2FN3O. The molecule has 1 aliphatic carbocycles. The van der Waals surface area contributed by atoms with Crippen LogP contribution in [-0.4, -0.2) is 36.2 Å². The minimum Gasteiger partial charge on any atom is -0.505 e. The second-order valence-corrected chi connectivity index (χ2v) is 6.64.